The Hall–Kier alpha value is 0. The third-order valence-corrected chi connectivity index (χ3v) is 17.7. The molecule has 0 bridgehead atoms. The van der Waals surface area contributed by atoms with Crippen LogP contribution in [0.25, 0.3) is 0 Å². The second-order valence-electron chi connectivity index (χ2n) is 30.1. The van der Waals surface area contributed by atoms with Gasteiger partial charge in [0.25, 0.3) is 0 Å². The average molecular weight is 991 g/mol. The fraction of sp³-hybridized carbons (Fsp3) is 1.00. The van der Waals surface area contributed by atoms with Gasteiger partial charge < -0.3 is 0 Å². The topological polar surface area (TPSA) is 0 Å². The van der Waals surface area contributed by atoms with Gasteiger partial charge in [-0.15, -0.1) is 0 Å². The Morgan fingerprint density at radius 1 is 0.414 bits per heavy atom. The number of hydrogen-bond donors (Lipinski definition) is 0. The summed E-state index contributed by atoms with van der Waals surface area (Å²) in [6.45, 7) is 43.2. The zero-order valence-corrected chi connectivity index (χ0v) is 52.9. The highest BCUT2D eigenvalue weighted by molar-refractivity contribution is 4.92. The second-order valence-corrected chi connectivity index (χ2v) is 30.1. The van der Waals surface area contributed by atoms with E-state index in [1.807, 2.05) is 69.2 Å². The normalized spacial score (nSPS) is 27.3. The van der Waals surface area contributed by atoms with Gasteiger partial charge in [-0.2, -0.15) is 0 Å². The van der Waals surface area contributed by atoms with Gasteiger partial charge in [0, 0.05) is 9.60 Å². The summed E-state index contributed by atoms with van der Waals surface area (Å²) >= 11 is 0. The van der Waals surface area contributed by atoms with Crippen molar-refractivity contribution >= 4 is 0 Å². The SMILES string of the molecule is CC(C)(C)C.CC1CCC2(CC1)CCC(C)(C)CC2.CC1CCC2(CCCC2)CC1.CC1CCC2(CCCCC2)CC1.[2H]C(C)(C)C.[2H]C([2H])(C)C(C)(C)C.[2H]C([2H])(C)C(C)C.[2H]C1(C)CCCC1.[2H]C1(C)CCCCC1. The monoisotopic (exact) mass is 990 g/mol. The van der Waals surface area contributed by atoms with Crippen LogP contribution in [-0.2, 0) is 0 Å². The van der Waals surface area contributed by atoms with Crippen LogP contribution in [0.15, 0.2) is 0 Å². The van der Waals surface area contributed by atoms with Crippen molar-refractivity contribution in [3.05, 3.63) is 0 Å². The highest BCUT2D eigenvalue weighted by Crippen LogP contribution is 2.53. The molecule has 422 valence electrons. The molecule has 0 aliphatic heterocycles. The van der Waals surface area contributed by atoms with Crippen LogP contribution < -0.4 is 0 Å². The van der Waals surface area contributed by atoms with E-state index in [0.29, 0.717) is 10.8 Å². The van der Waals surface area contributed by atoms with Crippen LogP contribution >= 0.6 is 0 Å². The predicted octanol–water partition coefficient (Wildman–Crippen LogP) is 25.7. The fourth-order valence-corrected chi connectivity index (χ4v) is 11.6. The Kier molecular flexibility index (Phi) is 30.4. The first-order chi connectivity index (χ1) is 34.7. The maximum absolute atomic E-state index is 7.63. The average Bonchev–Trinajstić information content (AvgIpc) is 3.92. The van der Waals surface area contributed by atoms with E-state index in [2.05, 4.69) is 62.3 Å². The van der Waals surface area contributed by atoms with Gasteiger partial charge in [-0.3, -0.25) is 0 Å². The van der Waals surface area contributed by atoms with Crippen molar-refractivity contribution in [2.45, 2.75) is 376 Å². The Balaban J connectivity index is 0.000000862. The minimum atomic E-state index is -1.06. The summed E-state index contributed by atoms with van der Waals surface area (Å²) in [5.41, 5.74) is 3.40. The molecule has 0 heteroatoms. The molecule has 8 fully saturated rings. The lowest BCUT2D eigenvalue weighted by atomic mass is 9.59. The first kappa shape index (κ1) is 57.7. The summed E-state index contributed by atoms with van der Waals surface area (Å²) in [5, 5.41) is 0. The smallest absolute Gasteiger partial charge is 0.0300 e. The van der Waals surface area contributed by atoms with E-state index in [-0.39, 0.29) is 29.0 Å². The maximum Gasteiger partial charge on any atom is 0.0300 e. The molecule has 0 amide bonds. The lowest BCUT2D eigenvalue weighted by molar-refractivity contribution is 0.0511. The summed E-state index contributed by atoms with van der Waals surface area (Å²) < 4.78 is 50.7. The van der Waals surface area contributed by atoms with E-state index < -0.39 is 12.7 Å². The maximum atomic E-state index is 7.63. The zero-order chi connectivity index (χ0) is 59.9. The highest BCUT2D eigenvalue weighted by Gasteiger charge is 2.40. The molecule has 8 aliphatic rings. The predicted molar refractivity (Wildman–Crippen MR) is 324 cm³/mol. The van der Waals surface area contributed by atoms with Crippen LogP contribution in [0.3, 0.4) is 0 Å². The van der Waals surface area contributed by atoms with Crippen molar-refractivity contribution in [3.63, 3.8) is 0 Å². The van der Waals surface area contributed by atoms with E-state index in [4.69, 9.17) is 9.60 Å². The second kappa shape index (κ2) is 36.9. The summed E-state index contributed by atoms with van der Waals surface area (Å²) in [4.78, 5) is 0. The first-order valence-electron chi connectivity index (χ1n) is 34.7. The first-order valence-corrected chi connectivity index (χ1v) is 31.2. The van der Waals surface area contributed by atoms with E-state index in [1.165, 1.54) is 141 Å². The van der Waals surface area contributed by atoms with Gasteiger partial charge in [0.15, 0.2) is 0 Å². The molecule has 0 aromatic rings. The van der Waals surface area contributed by atoms with Crippen molar-refractivity contribution < 1.29 is 9.60 Å². The van der Waals surface area contributed by atoms with Gasteiger partial charge in [0.2, 0.25) is 0 Å². The molecule has 0 radical (unpaired) electrons. The molecule has 0 aromatic heterocycles. The third-order valence-electron chi connectivity index (χ3n) is 17.7. The summed E-state index contributed by atoms with van der Waals surface area (Å²) in [6.07, 6.45) is 47.0. The molecule has 0 nitrogen and oxygen atoms in total. The molecule has 0 atom stereocenters. The molecule has 8 aliphatic carbocycles. The minimum Gasteiger partial charge on any atom is -0.0651 e. The van der Waals surface area contributed by atoms with Crippen LogP contribution in [-0.4, -0.2) is 0 Å². The quantitative estimate of drug-likeness (QED) is 0.246. The van der Waals surface area contributed by atoms with E-state index in [1.54, 1.807) is 65.2 Å². The van der Waals surface area contributed by atoms with Gasteiger partial charge in [-0.1, -0.05) is 287 Å². The standard InChI is InChI=1S/C14H26.C12H22.C11H20.C7H14.C6H12.C6H14.2C5H12.C4H10/c1-12-4-6-14(7-5-12)10-8-13(2,3)9-11-14;1-11-5-9-12(10-6-11)7-3-2-4-8-12;1-10-4-8-11(9-5-10)6-2-3-7-11;1-7-5-3-2-4-6-7;1-6-4-2-3-5-6;1-5-6(2,3)4;1-5(2,3)4;1-4-5(2)3;1-4(2)3/h12H,4-11H2,1-3H3;11H,2-10H2,1H3;10H,2-9H2,1H3;7H,2-6H2,1H3;6H,2-5H2,1H3;5H2,1-4H3;1-4H3;5H,4H2,1-3H3;4H,1-3H3/i;;;7D;6D;5D2;;4D2;4D. The zero-order valence-electron chi connectivity index (χ0n) is 59.9. The Morgan fingerprint density at radius 2 is 0.629 bits per heavy atom. The molecule has 8 saturated carbocycles. The molecule has 0 heterocycles. The van der Waals surface area contributed by atoms with Crippen molar-refractivity contribution in [3.8, 4) is 0 Å². The van der Waals surface area contributed by atoms with Crippen molar-refractivity contribution in [2.75, 3.05) is 0 Å². The summed E-state index contributed by atoms with van der Waals surface area (Å²) in [5.74, 6) is 2.82. The fourth-order valence-electron chi connectivity index (χ4n) is 11.6. The van der Waals surface area contributed by atoms with Crippen LogP contribution in [0, 0.1) is 73.8 Å². The van der Waals surface area contributed by atoms with Crippen LogP contribution in [0.4, 0.5) is 0 Å². The van der Waals surface area contributed by atoms with E-state index in [0.717, 1.165) is 59.7 Å². The van der Waals surface area contributed by atoms with Gasteiger partial charge in [0.1, 0.15) is 0 Å². The molecule has 0 saturated heterocycles. The largest absolute Gasteiger partial charge is 0.0651 e. The molecule has 0 N–H and O–H groups in total. The van der Waals surface area contributed by atoms with Gasteiger partial charge >= 0.3 is 0 Å². The van der Waals surface area contributed by atoms with E-state index in [9.17, 15) is 0 Å². The third kappa shape index (κ3) is 38.5. The molecule has 3 spiro atoms. The van der Waals surface area contributed by atoms with Gasteiger partial charge in [0.05, 0.1) is 0 Å². The van der Waals surface area contributed by atoms with Crippen LogP contribution in [0.5, 0.6) is 0 Å². The molecule has 70 heavy (non-hydrogen) atoms. The highest BCUT2D eigenvalue weighted by atomic mass is 14.5. The van der Waals surface area contributed by atoms with Gasteiger partial charge in [-0.25, -0.2) is 0 Å². The van der Waals surface area contributed by atoms with Crippen LogP contribution in [0.2, 0.25) is 0 Å². The van der Waals surface area contributed by atoms with Crippen molar-refractivity contribution in [2.24, 2.45) is 73.8 Å². The molecular formula is C70H142. The molecule has 8 rings (SSSR count). The summed E-state index contributed by atoms with van der Waals surface area (Å²) in [6, 6.07) is 0. The van der Waals surface area contributed by atoms with E-state index >= 15 is 0 Å². The lowest BCUT2D eigenvalue weighted by Crippen LogP contribution is -2.34. The molecule has 0 unspecified atom stereocenters. The summed E-state index contributed by atoms with van der Waals surface area (Å²) in [7, 11) is 0. The van der Waals surface area contributed by atoms with Crippen molar-refractivity contribution in [1.82, 2.24) is 0 Å². The number of hydrogen-bond acceptors (Lipinski definition) is 0. The molecular weight excluding hydrogens is 841 g/mol. The Morgan fingerprint density at radius 3 is 0.843 bits per heavy atom. The Bertz CT molecular complexity index is 1380. The molecule has 0 aromatic carbocycles. The minimum absolute atomic E-state index is 0.0556. The Labute approximate surface area is 458 Å². The van der Waals surface area contributed by atoms with Crippen LogP contribution in [0.1, 0.15) is 386 Å². The van der Waals surface area contributed by atoms with Gasteiger partial charge in [-0.05, 0) is 164 Å². The lowest BCUT2D eigenvalue weighted by Gasteiger charge is -2.47. The van der Waals surface area contributed by atoms with Crippen molar-refractivity contribution in [1.29, 1.82) is 0 Å². The number of rotatable bonds is 1.